The molecule has 2 aromatic rings. The molecule has 0 radical (unpaired) electrons. The summed E-state index contributed by atoms with van der Waals surface area (Å²) in [4.78, 5) is 17.1. The predicted octanol–water partition coefficient (Wildman–Crippen LogP) is 2.35. The van der Waals surface area contributed by atoms with Crippen molar-refractivity contribution in [3.8, 4) is 12.0 Å². The summed E-state index contributed by atoms with van der Waals surface area (Å²) in [6, 6.07) is 7.22. The molecule has 0 saturated carbocycles. The van der Waals surface area contributed by atoms with Gasteiger partial charge in [-0.15, -0.1) is 0 Å². The number of carbonyl (C=O) groups is 1. The average Bonchev–Trinajstić information content (AvgIpc) is 3.05. The highest BCUT2D eigenvalue weighted by molar-refractivity contribution is 6.09. The molecule has 3 rings (SSSR count). The number of primary amides is 1. The number of carbonyl (C=O) groups excluding carboxylic acids is 1. The third kappa shape index (κ3) is 2.72. The third-order valence-electron chi connectivity index (χ3n) is 4.54. The number of nitrogens with two attached hydrogens (primary N) is 1. The summed E-state index contributed by atoms with van der Waals surface area (Å²) in [5.41, 5.74) is 10.1. The fourth-order valence-electron chi connectivity index (χ4n) is 3.27. The van der Waals surface area contributed by atoms with Crippen LogP contribution in [-0.2, 0) is 0 Å². The van der Waals surface area contributed by atoms with Gasteiger partial charge in [-0.3, -0.25) is 4.79 Å². The molecule has 4 N–H and O–H groups in total. The highest BCUT2D eigenvalue weighted by Crippen LogP contribution is 2.32. The second-order valence-corrected chi connectivity index (χ2v) is 6.09. The average molecular weight is 310 g/mol. The van der Waals surface area contributed by atoms with Crippen LogP contribution in [0.2, 0.25) is 0 Å². The van der Waals surface area contributed by atoms with Gasteiger partial charge in [-0.1, -0.05) is 5.92 Å². The lowest BCUT2D eigenvalue weighted by Crippen LogP contribution is -2.23. The second kappa shape index (κ2) is 5.88. The van der Waals surface area contributed by atoms with Crippen LogP contribution in [0.25, 0.3) is 10.9 Å². The highest BCUT2D eigenvalue weighted by atomic mass is 16.1. The van der Waals surface area contributed by atoms with E-state index in [9.17, 15) is 4.79 Å². The number of fused-ring (bicyclic) bond motifs is 1. The van der Waals surface area contributed by atoms with Gasteiger partial charge in [0.2, 0.25) is 0 Å². The molecule has 5 heteroatoms. The first kappa shape index (κ1) is 15.3. The maximum absolute atomic E-state index is 11.7. The van der Waals surface area contributed by atoms with E-state index in [1.165, 1.54) is 0 Å². The Labute approximate surface area is 136 Å². The summed E-state index contributed by atoms with van der Waals surface area (Å²) in [6.07, 6.45) is 1.05. The van der Waals surface area contributed by atoms with Gasteiger partial charge in [0.15, 0.2) is 0 Å². The zero-order valence-corrected chi connectivity index (χ0v) is 13.8. The van der Waals surface area contributed by atoms with Gasteiger partial charge in [0.25, 0.3) is 5.91 Å². The van der Waals surface area contributed by atoms with Crippen LogP contribution < -0.4 is 11.1 Å². The monoisotopic (exact) mass is 310 g/mol. The number of benzene rings is 1. The Bertz CT molecular complexity index is 825. The molecule has 120 valence electrons. The maximum atomic E-state index is 11.7. The number of nitrogens with one attached hydrogen (secondary N) is 2. The van der Waals surface area contributed by atoms with Crippen molar-refractivity contribution >= 4 is 22.5 Å². The third-order valence-corrected chi connectivity index (χ3v) is 4.54. The van der Waals surface area contributed by atoms with Gasteiger partial charge in [-0.25, -0.2) is 0 Å². The number of aryl methyl sites for hydroxylation is 2. The minimum absolute atomic E-state index is 0.355. The van der Waals surface area contributed by atoms with Crippen LogP contribution in [0.15, 0.2) is 12.1 Å². The molecule has 1 aliphatic heterocycles. The van der Waals surface area contributed by atoms with Crippen molar-refractivity contribution in [1.82, 2.24) is 9.88 Å². The number of aromatic amines is 1. The van der Waals surface area contributed by atoms with Crippen LogP contribution in [0.3, 0.4) is 0 Å². The lowest BCUT2D eigenvalue weighted by Gasteiger charge is -2.16. The molecule has 1 aromatic heterocycles. The molecule has 2 heterocycles. The topological polar surface area (TPSA) is 74.2 Å². The van der Waals surface area contributed by atoms with Crippen molar-refractivity contribution in [1.29, 1.82) is 0 Å². The predicted molar refractivity (Wildman–Crippen MR) is 93.3 cm³/mol. The highest BCUT2D eigenvalue weighted by Gasteiger charge is 2.22. The van der Waals surface area contributed by atoms with E-state index in [0.29, 0.717) is 11.6 Å². The number of aromatic nitrogens is 1. The van der Waals surface area contributed by atoms with Crippen LogP contribution in [0.5, 0.6) is 0 Å². The molecule has 0 spiro atoms. The van der Waals surface area contributed by atoms with E-state index in [0.717, 1.165) is 47.4 Å². The van der Waals surface area contributed by atoms with Crippen molar-refractivity contribution < 1.29 is 4.79 Å². The Balaban J connectivity index is 1.97. The largest absolute Gasteiger partial charge is 0.380 e. The van der Waals surface area contributed by atoms with Crippen LogP contribution in [0.4, 0.5) is 5.69 Å². The van der Waals surface area contributed by atoms with Gasteiger partial charge >= 0.3 is 0 Å². The number of hydrogen-bond donors (Lipinski definition) is 3. The SMILES string of the molecule is CC#CN1CC[C@@H](Nc2ccc(C(N)=O)c3[nH]c(C)c(C)c23)C1. The van der Waals surface area contributed by atoms with Gasteiger partial charge in [0.1, 0.15) is 0 Å². The number of likely N-dealkylation sites (tertiary alicyclic amines) is 1. The number of amides is 1. The van der Waals surface area contributed by atoms with Crippen LogP contribution >= 0.6 is 0 Å². The summed E-state index contributed by atoms with van der Waals surface area (Å²) in [5, 5.41) is 4.67. The number of hydrogen-bond acceptors (Lipinski definition) is 3. The molecule has 1 aromatic carbocycles. The molecule has 0 aliphatic carbocycles. The summed E-state index contributed by atoms with van der Waals surface area (Å²) in [5.74, 6) is 2.54. The maximum Gasteiger partial charge on any atom is 0.250 e. The standard InChI is InChI=1S/C18H22N4O/c1-4-8-22-9-7-13(10-22)21-15-6-5-14(18(19)23)17-16(15)11(2)12(3)20-17/h5-6,13,20-21H,7,9-10H2,1-3H3,(H2,19,23)/t13-/m1/s1. The van der Waals surface area contributed by atoms with Gasteiger partial charge in [-0.2, -0.15) is 0 Å². The van der Waals surface area contributed by atoms with E-state index in [1.54, 1.807) is 6.07 Å². The van der Waals surface area contributed by atoms with Crippen LogP contribution in [0, 0.1) is 25.8 Å². The summed E-state index contributed by atoms with van der Waals surface area (Å²) >= 11 is 0. The Morgan fingerprint density at radius 1 is 1.43 bits per heavy atom. The first-order chi connectivity index (χ1) is 11.0. The van der Waals surface area contributed by atoms with E-state index in [2.05, 4.69) is 34.1 Å². The quantitative estimate of drug-likeness (QED) is 0.762. The van der Waals surface area contributed by atoms with Crippen molar-refractivity contribution in [2.75, 3.05) is 18.4 Å². The summed E-state index contributed by atoms with van der Waals surface area (Å²) in [7, 11) is 0. The normalized spacial score (nSPS) is 17.2. The van der Waals surface area contributed by atoms with Crippen molar-refractivity contribution in [2.45, 2.75) is 33.2 Å². The lowest BCUT2D eigenvalue weighted by atomic mass is 10.0. The van der Waals surface area contributed by atoms with Gasteiger partial charge in [0.05, 0.1) is 11.1 Å². The second-order valence-electron chi connectivity index (χ2n) is 6.09. The Hall–Kier alpha value is -2.61. The Morgan fingerprint density at radius 2 is 2.22 bits per heavy atom. The molecule has 1 amide bonds. The smallest absolute Gasteiger partial charge is 0.250 e. The number of rotatable bonds is 3. The van der Waals surface area contributed by atoms with Crippen molar-refractivity contribution in [2.24, 2.45) is 5.73 Å². The number of nitrogens with zero attached hydrogens (tertiary/aromatic N) is 1. The van der Waals surface area contributed by atoms with E-state index in [-0.39, 0.29) is 0 Å². The van der Waals surface area contributed by atoms with Crippen molar-refractivity contribution in [3.05, 3.63) is 29.0 Å². The van der Waals surface area contributed by atoms with Crippen molar-refractivity contribution in [3.63, 3.8) is 0 Å². The molecule has 23 heavy (non-hydrogen) atoms. The zero-order chi connectivity index (χ0) is 16.6. The van der Waals surface area contributed by atoms with Crippen LogP contribution in [-0.4, -0.2) is 34.9 Å². The van der Waals surface area contributed by atoms with Gasteiger partial charge in [-0.05, 0) is 44.9 Å². The number of H-pyrrole nitrogens is 1. The fourth-order valence-corrected chi connectivity index (χ4v) is 3.27. The summed E-state index contributed by atoms with van der Waals surface area (Å²) in [6.45, 7) is 7.82. The lowest BCUT2D eigenvalue weighted by molar-refractivity contribution is 0.100. The molecular formula is C18H22N4O. The molecule has 0 bridgehead atoms. The van der Waals surface area contributed by atoms with Gasteiger partial charge in [0, 0.05) is 41.9 Å². The molecule has 1 fully saturated rings. The van der Waals surface area contributed by atoms with E-state index in [4.69, 9.17) is 5.73 Å². The molecule has 1 atom stereocenters. The number of anilines is 1. The molecular weight excluding hydrogens is 288 g/mol. The molecule has 1 saturated heterocycles. The van der Waals surface area contributed by atoms with E-state index < -0.39 is 5.91 Å². The minimum atomic E-state index is -0.409. The Morgan fingerprint density at radius 3 is 2.91 bits per heavy atom. The molecule has 5 nitrogen and oxygen atoms in total. The van der Waals surface area contributed by atoms with E-state index in [1.807, 2.05) is 19.9 Å². The van der Waals surface area contributed by atoms with Gasteiger partial charge < -0.3 is 20.9 Å². The first-order valence-corrected chi connectivity index (χ1v) is 7.86. The fraction of sp³-hybridized carbons (Fsp3) is 0.389. The van der Waals surface area contributed by atoms with E-state index >= 15 is 0 Å². The summed E-state index contributed by atoms with van der Waals surface area (Å²) < 4.78 is 0. The van der Waals surface area contributed by atoms with Crippen LogP contribution in [0.1, 0.15) is 35.0 Å². The molecule has 0 unspecified atom stereocenters. The molecule has 1 aliphatic rings. The Kier molecular flexibility index (Phi) is 3.91. The first-order valence-electron chi connectivity index (χ1n) is 7.86. The zero-order valence-electron chi connectivity index (χ0n) is 13.8. The minimum Gasteiger partial charge on any atom is -0.380 e.